The first kappa shape index (κ1) is 12.0. The maximum Gasteiger partial charge on any atom is 0.237 e. The molecule has 0 aliphatic carbocycles. The molecule has 5 nitrogen and oxygen atoms in total. The van der Waals surface area contributed by atoms with Crippen LogP contribution in [-0.2, 0) is 6.42 Å². The highest BCUT2D eigenvalue weighted by atomic mass is 32.1. The molecule has 2 rings (SSSR count). The zero-order valence-corrected chi connectivity index (χ0v) is 10.3. The summed E-state index contributed by atoms with van der Waals surface area (Å²) in [5.41, 5.74) is 3.48. The molecule has 1 atom stereocenters. The molecule has 0 aliphatic heterocycles. The predicted octanol–water partition coefficient (Wildman–Crippen LogP) is 1.29. The summed E-state index contributed by atoms with van der Waals surface area (Å²) < 4.78 is 5.18. The Kier molecular flexibility index (Phi) is 4.03. The molecule has 2 heterocycles. The minimum absolute atomic E-state index is 0.0997. The third kappa shape index (κ3) is 2.79. The van der Waals surface area contributed by atoms with Crippen molar-refractivity contribution in [2.75, 3.05) is 7.11 Å². The summed E-state index contributed by atoms with van der Waals surface area (Å²) in [6.07, 6.45) is 4.00. The van der Waals surface area contributed by atoms with Crippen LogP contribution in [0.2, 0.25) is 0 Å². The lowest BCUT2D eigenvalue weighted by Gasteiger charge is -2.16. The number of thiophene rings is 1. The minimum Gasteiger partial charge on any atom is -0.480 e. The summed E-state index contributed by atoms with van der Waals surface area (Å²) >= 11 is 1.69. The first-order valence-electron chi connectivity index (χ1n) is 5.18. The monoisotopic (exact) mass is 250 g/mol. The molecule has 90 valence electrons. The zero-order chi connectivity index (χ0) is 12.1. The number of hydrogen-bond donors (Lipinski definition) is 2. The highest BCUT2D eigenvalue weighted by molar-refractivity contribution is 7.09. The SMILES string of the molecule is COc1nccnc1C(Cc1cccs1)NN. The van der Waals surface area contributed by atoms with E-state index in [1.165, 1.54) is 4.88 Å². The Morgan fingerprint density at radius 3 is 2.94 bits per heavy atom. The van der Waals surface area contributed by atoms with Gasteiger partial charge in [-0.3, -0.25) is 16.3 Å². The standard InChI is InChI=1S/C11H14N4OS/c1-16-11-10(13-4-5-14-11)9(15-12)7-8-3-2-6-17-8/h2-6,9,15H,7,12H2,1H3. The molecule has 0 saturated carbocycles. The van der Waals surface area contributed by atoms with Crippen molar-refractivity contribution in [3.05, 3.63) is 40.5 Å². The van der Waals surface area contributed by atoms with Gasteiger partial charge in [0.25, 0.3) is 0 Å². The first-order chi connectivity index (χ1) is 8.35. The van der Waals surface area contributed by atoms with Gasteiger partial charge < -0.3 is 4.74 Å². The van der Waals surface area contributed by atoms with Crippen LogP contribution in [0.1, 0.15) is 16.6 Å². The minimum atomic E-state index is -0.0997. The van der Waals surface area contributed by atoms with Gasteiger partial charge in [-0.2, -0.15) is 0 Å². The number of nitrogens with two attached hydrogens (primary N) is 1. The van der Waals surface area contributed by atoms with Crippen LogP contribution >= 0.6 is 11.3 Å². The number of aromatic nitrogens is 2. The van der Waals surface area contributed by atoms with Crippen molar-refractivity contribution in [3.63, 3.8) is 0 Å². The van der Waals surface area contributed by atoms with E-state index in [9.17, 15) is 0 Å². The summed E-state index contributed by atoms with van der Waals surface area (Å²) in [5, 5.41) is 2.04. The maximum absolute atomic E-state index is 5.58. The van der Waals surface area contributed by atoms with Crippen LogP contribution in [0.5, 0.6) is 5.88 Å². The van der Waals surface area contributed by atoms with E-state index in [1.807, 2.05) is 11.4 Å². The van der Waals surface area contributed by atoms with Gasteiger partial charge in [0.05, 0.1) is 13.2 Å². The maximum atomic E-state index is 5.58. The molecular formula is C11H14N4OS. The van der Waals surface area contributed by atoms with E-state index in [2.05, 4.69) is 21.5 Å². The number of methoxy groups -OCH3 is 1. The van der Waals surface area contributed by atoms with E-state index in [-0.39, 0.29) is 6.04 Å². The second-order valence-corrected chi connectivity index (χ2v) is 4.49. The van der Waals surface area contributed by atoms with Gasteiger partial charge in [0.15, 0.2) is 0 Å². The Morgan fingerprint density at radius 2 is 2.29 bits per heavy atom. The number of ether oxygens (including phenoxy) is 1. The van der Waals surface area contributed by atoms with Gasteiger partial charge in [0, 0.05) is 23.7 Å². The van der Waals surface area contributed by atoms with Crippen molar-refractivity contribution in [3.8, 4) is 5.88 Å². The van der Waals surface area contributed by atoms with Gasteiger partial charge in [-0.15, -0.1) is 11.3 Å². The molecule has 0 spiro atoms. The van der Waals surface area contributed by atoms with Crippen LogP contribution in [0, 0.1) is 0 Å². The van der Waals surface area contributed by atoms with Crippen LogP contribution in [0.25, 0.3) is 0 Å². The molecule has 0 amide bonds. The molecule has 0 bridgehead atoms. The lowest BCUT2D eigenvalue weighted by Crippen LogP contribution is -2.30. The largest absolute Gasteiger partial charge is 0.480 e. The highest BCUT2D eigenvalue weighted by Crippen LogP contribution is 2.24. The summed E-state index contributed by atoms with van der Waals surface area (Å²) in [7, 11) is 1.58. The molecule has 2 aromatic rings. The van der Waals surface area contributed by atoms with Gasteiger partial charge in [-0.05, 0) is 11.4 Å². The van der Waals surface area contributed by atoms with Crippen molar-refractivity contribution in [2.24, 2.45) is 5.84 Å². The average molecular weight is 250 g/mol. The van der Waals surface area contributed by atoms with Gasteiger partial charge in [-0.1, -0.05) is 6.07 Å². The normalized spacial score (nSPS) is 12.4. The van der Waals surface area contributed by atoms with Gasteiger partial charge in [0.2, 0.25) is 5.88 Å². The Morgan fingerprint density at radius 1 is 1.47 bits per heavy atom. The number of hydrazine groups is 1. The fourth-order valence-corrected chi connectivity index (χ4v) is 2.35. The average Bonchev–Trinajstić information content (AvgIpc) is 2.89. The van der Waals surface area contributed by atoms with E-state index in [1.54, 1.807) is 30.8 Å². The second kappa shape index (κ2) is 5.72. The molecule has 1 unspecified atom stereocenters. The zero-order valence-electron chi connectivity index (χ0n) is 9.46. The Labute approximate surface area is 104 Å². The van der Waals surface area contributed by atoms with Crippen molar-refractivity contribution >= 4 is 11.3 Å². The lowest BCUT2D eigenvalue weighted by atomic mass is 10.1. The summed E-state index contributed by atoms with van der Waals surface area (Å²) in [4.78, 5) is 9.63. The fraction of sp³-hybridized carbons (Fsp3) is 0.273. The summed E-state index contributed by atoms with van der Waals surface area (Å²) in [6.45, 7) is 0. The van der Waals surface area contributed by atoms with Crippen LogP contribution in [-0.4, -0.2) is 17.1 Å². The molecule has 0 aromatic carbocycles. The van der Waals surface area contributed by atoms with Crippen LogP contribution in [0.15, 0.2) is 29.9 Å². The third-order valence-electron chi connectivity index (χ3n) is 2.40. The van der Waals surface area contributed by atoms with Crippen molar-refractivity contribution in [1.82, 2.24) is 15.4 Å². The highest BCUT2D eigenvalue weighted by Gasteiger charge is 2.18. The summed E-state index contributed by atoms with van der Waals surface area (Å²) in [5.74, 6) is 6.08. The second-order valence-electron chi connectivity index (χ2n) is 3.45. The number of nitrogens with one attached hydrogen (secondary N) is 1. The molecule has 0 saturated heterocycles. The Bertz CT molecular complexity index is 460. The van der Waals surface area contributed by atoms with Crippen LogP contribution < -0.4 is 16.0 Å². The van der Waals surface area contributed by atoms with Gasteiger partial charge >= 0.3 is 0 Å². The lowest BCUT2D eigenvalue weighted by molar-refractivity contribution is 0.377. The van der Waals surface area contributed by atoms with E-state index in [0.29, 0.717) is 5.88 Å². The Balaban J connectivity index is 2.22. The predicted molar refractivity (Wildman–Crippen MR) is 66.7 cm³/mol. The van der Waals surface area contributed by atoms with E-state index in [4.69, 9.17) is 10.6 Å². The number of rotatable bonds is 5. The molecule has 3 N–H and O–H groups in total. The fourth-order valence-electron chi connectivity index (χ4n) is 1.60. The van der Waals surface area contributed by atoms with E-state index >= 15 is 0 Å². The van der Waals surface area contributed by atoms with E-state index < -0.39 is 0 Å². The van der Waals surface area contributed by atoms with Crippen molar-refractivity contribution in [1.29, 1.82) is 0 Å². The van der Waals surface area contributed by atoms with E-state index in [0.717, 1.165) is 12.1 Å². The third-order valence-corrected chi connectivity index (χ3v) is 3.30. The molecular weight excluding hydrogens is 236 g/mol. The molecule has 0 radical (unpaired) electrons. The smallest absolute Gasteiger partial charge is 0.237 e. The van der Waals surface area contributed by atoms with Gasteiger partial charge in [0.1, 0.15) is 5.69 Å². The van der Waals surface area contributed by atoms with Gasteiger partial charge in [-0.25, -0.2) is 4.98 Å². The summed E-state index contributed by atoms with van der Waals surface area (Å²) in [6, 6.07) is 3.98. The first-order valence-corrected chi connectivity index (χ1v) is 6.06. The van der Waals surface area contributed by atoms with Crippen LogP contribution in [0.3, 0.4) is 0 Å². The molecule has 0 aliphatic rings. The molecule has 0 fully saturated rings. The van der Waals surface area contributed by atoms with Crippen molar-refractivity contribution < 1.29 is 4.74 Å². The Hall–Kier alpha value is -1.50. The number of hydrogen-bond acceptors (Lipinski definition) is 6. The quantitative estimate of drug-likeness (QED) is 0.618. The van der Waals surface area contributed by atoms with Crippen LogP contribution in [0.4, 0.5) is 0 Å². The molecule has 17 heavy (non-hydrogen) atoms. The number of nitrogens with zero attached hydrogens (tertiary/aromatic N) is 2. The molecule has 6 heteroatoms. The molecule has 2 aromatic heterocycles. The topological polar surface area (TPSA) is 73.1 Å². The van der Waals surface area contributed by atoms with Crippen molar-refractivity contribution in [2.45, 2.75) is 12.5 Å².